The molecule has 2 fully saturated rings. The van der Waals surface area contributed by atoms with Crippen LogP contribution >= 0.6 is 0 Å². The molecule has 0 bridgehead atoms. The zero-order valence-electron chi connectivity index (χ0n) is 13.3. The Labute approximate surface area is 131 Å². The lowest BCUT2D eigenvalue weighted by Gasteiger charge is -2.26. The Balaban J connectivity index is 1.75. The van der Waals surface area contributed by atoms with Gasteiger partial charge in [0.05, 0.1) is 6.17 Å². The third kappa shape index (κ3) is 2.42. The summed E-state index contributed by atoms with van der Waals surface area (Å²) in [6, 6.07) is 4.66. The predicted octanol–water partition coefficient (Wildman–Crippen LogP) is 2.34. The highest BCUT2D eigenvalue weighted by Crippen LogP contribution is 2.31. The number of likely N-dealkylation sites (tertiary alicyclic amines) is 1. The van der Waals surface area contributed by atoms with Gasteiger partial charge in [0.15, 0.2) is 5.65 Å². The number of aromatic nitrogens is 3. The molecule has 1 N–H and O–H groups in total. The smallest absolute Gasteiger partial charge is 0.161 e. The summed E-state index contributed by atoms with van der Waals surface area (Å²) >= 11 is 0. The van der Waals surface area contributed by atoms with Crippen LogP contribution in [0.5, 0.6) is 0 Å². The highest BCUT2D eigenvalue weighted by atomic mass is 15.3. The van der Waals surface area contributed by atoms with E-state index >= 15 is 0 Å². The average Bonchev–Trinajstić information content (AvgIpc) is 3.25. The van der Waals surface area contributed by atoms with Crippen molar-refractivity contribution in [1.82, 2.24) is 24.8 Å². The van der Waals surface area contributed by atoms with E-state index in [-0.39, 0.29) is 0 Å². The molecule has 118 valence electrons. The van der Waals surface area contributed by atoms with Crippen LogP contribution in [-0.2, 0) is 6.42 Å². The van der Waals surface area contributed by atoms with Gasteiger partial charge in [0.2, 0.25) is 0 Å². The molecule has 0 aromatic carbocycles. The monoisotopic (exact) mass is 299 g/mol. The molecule has 0 aliphatic carbocycles. The highest BCUT2D eigenvalue weighted by Gasteiger charge is 2.29. The lowest BCUT2D eigenvalue weighted by Crippen LogP contribution is -2.31. The summed E-state index contributed by atoms with van der Waals surface area (Å²) in [5.74, 6) is 1.21. The largest absolute Gasteiger partial charge is 0.314 e. The van der Waals surface area contributed by atoms with Crippen molar-refractivity contribution in [3.8, 4) is 0 Å². The van der Waals surface area contributed by atoms with Crippen molar-refractivity contribution in [2.24, 2.45) is 0 Å². The first-order valence-corrected chi connectivity index (χ1v) is 8.66. The molecule has 2 aliphatic heterocycles. The van der Waals surface area contributed by atoms with Gasteiger partial charge >= 0.3 is 0 Å². The maximum atomic E-state index is 4.92. The van der Waals surface area contributed by atoms with Crippen molar-refractivity contribution in [3.05, 3.63) is 24.2 Å². The van der Waals surface area contributed by atoms with Gasteiger partial charge in [-0.15, -0.1) is 0 Å². The molecule has 5 heteroatoms. The van der Waals surface area contributed by atoms with Crippen LogP contribution in [0.2, 0.25) is 0 Å². The number of fused-ring (bicyclic) bond motifs is 1. The fourth-order valence-electron chi connectivity index (χ4n) is 4.05. The maximum Gasteiger partial charge on any atom is 0.161 e. The van der Waals surface area contributed by atoms with Gasteiger partial charge in [0.25, 0.3) is 0 Å². The van der Waals surface area contributed by atoms with Gasteiger partial charge < -0.3 is 5.32 Å². The molecule has 2 saturated heterocycles. The molecule has 2 atom stereocenters. The summed E-state index contributed by atoms with van der Waals surface area (Å²) in [5, 5.41) is 3.61. The van der Waals surface area contributed by atoms with E-state index in [2.05, 4.69) is 32.8 Å². The minimum absolute atomic E-state index is 0.432. The van der Waals surface area contributed by atoms with Crippen molar-refractivity contribution in [2.75, 3.05) is 19.6 Å². The second kappa shape index (κ2) is 5.97. The van der Waals surface area contributed by atoms with Gasteiger partial charge in [-0.05, 0) is 50.9 Å². The SMILES string of the molecule is CCN1CCCC1n1c(CC2CCCN2)nc2cccnc21. The number of nitrogens with one attached hydrogen (secondary N) is 1. The zero-order chi connectivity index (χ0) is 14.9. The summed E-state index contributed by atoms with van der Waals surface area (Å²) in [6.07, 6.45) is 8.37. The fourth-order valence-corrected chi connectivity index (χ4v) is 4.05. The first-order valence-electron chi connectivity index (χ1n) is 8.66. The van der Waals surface area contributed by atoms with E-state index in [0.717, 1.165) is 30.7 Å². The van der Waals surface area contributed by atoms with Crippen LogP contribution < -0.4 is 5.32 Å². The Morgan fingerprint density at radius 2 is 2.27 bits per heavy atom. The number of hydrogen-bond acceptors (Lipinski definition) is 4. The van der Waals surface area contributed by atoms with Crippen molar-refractivity contribution in [1.29, 1.82) is 0 Å². The molecule has 2 aliphatic rings. The number of rotatable bonds is 4. The van der Waals surface area contributed by atoms with Gasteiger partial charge in [0, 0.05) is 25.2 Å². The van der Waals surface area contributed by atoms with Crippen LogP contribution in [0.1, 0.15) is 44.6 Å². The van der Waals surface area contributed by atoms with Gasteiger partial charge in [-0.3, -0.25) is 9.47 Å². The molecule has 0 amide bonds. The van der Waals surface area contributed by atoms with Crippen molar-refractivity contribution >= 4 is 11.2 Å². The first-order chi connectivity index (χ1) is 10.9. The molecular formula is C17H25N5. The first kappa shape index (κ1) is 14.2. The van der Waals surface area contributed by atoms with E-state index in [9.17, 15) is 0 Å². The molecule has 22 heavy (non-hydrogen) atoms. The molecular weight excluding hydrogens is 274 g/mol. The van der Waals surface area contributed by atoms with Crippen molar-refractivity contribution in [2.45, 2.75) is 51.2 Å². The van der Waals surface area contributed by atoms with Crippen molar-refractivity contribution < 1.29 is 0 Å². The molecule has 2 aromatic heterocycles. The Bertz CT molecular complexity index is 644. The fraction of sp³-hybridized carbons (Fsp3) is 0.647. The molecule has 2 aromatic rings. The van der Waals surface area contributed by atoms with Crippen LogP contribution in [0.4, 0.5) is 0 Å². The normalized spacial score (nSPS) is 26.2. The lowest BCUT2D eigenvalue weighted by molar-refractivity contribution is 0.202. The van der Waals surface area contributed by atoms with Gasteiger partial charge in [0.1, 0.15) is 11.3 Å². The quantitative estimate of drug-likeness (QED) is 0.941. The van der Waals surface area contributed by atoms with Crippen LogP contribution in [0.3, 0.4) is 0 Å². The van der Waals surface area contributed by atoms with E-state index in [0.29, 0.717) is 12.2 Å². The van der Waals surface area contributed by atoms with Crippen molar-refractivity contribution in [3.63, 3.8) is 0 Å². The van der Waals surface area contributed by atoms with E-state index < -0.39 is 0 Å². The third-order valence-electron chi connectivity index (χ3n) is 5.15. The molecule has 4 heterocycles. The standard InChI is InChI=1S/C17H25N5/c1-2-21-11-5-8-16(21)22-15(12-13-6-3-9-18-13)20-14-7-4-10-19-17(14)22/h4,7,10,13,16,18H,2-3,5-6,8-9,11-12H2,1H3. The van der Waals surface area contributed by atoms with Gasteiger partial charge in [-0.2, -0.15) is 0 Å². The summed E-state index contributed by atoms with van der Waals surface area (Å²) < 4.78 is 2.42. The van der Waals surface area contributed by atoms with E-state index in [1.807, 2.05) is 12.3 Å². The predicted molar refractivity (Wildman–Crippen MR) is 87.8 cm³/mol. The van der Waals surface area contributed by atoms with E-state index in [1.165, 1.54) is 38.1 Å². The minimum atomic E-state index is 0.432. The third-order valence-corrected chi connectivity index (χ3v) is 5.15. The number of hydrogen-bond donors (Lipinski definition) is 1. The molecule has 0 radical (unpaired) electrons. The topological polar surface area (TPSA) is 46.0 Å². The number of nitrogens with zero attached hydrogens (tertiary/aromatic N) is 4. The number of pyridine rings is 1. The summed E-state index contributed by atoms with van der Waals surface area (Å²) in [6.45, 7) is 5.68. The Morgan fingerprint density at radius 1 is 1.32 bits per heavy atom. The van der Waals surface area contributed by atoms with Crippen LogP contribution in [0, 0.1) is 0 Å². The maximum absolute atomic E-state index is 4.92. The van der Waals surface area contributed by atoms with E-state index in [4.69, 9.17) is 4.98 Å². The molecule has 0 saturated carbocycles. The minimum Gasteiger partial charge on any atom is -0.314 e. The molecule has 2 unspecified atom stereocenters. The second-order valence-electron chi connectivity index (χ2n) is 6.49. The average molecular weight is 299 g/mol. The van der Waals surface area contributed by atoms with Gasteiger partial charge in [-0.25, -0.2) is 9.97 Å². The Kier molecular flexibility index (Phi) is 3.84. The summed E-state index contributed by atoms with van der Waals surface area (Å²) in [4.78, 5) is 12.1. The van der Waals surface area contributed by atoms with E-state index in [1.54, 1.807) is 0 Å². The van der Waals surface area contributed by atoms with Crippen LogP contribution in [0.25, 0.3) is 11.2 Å². The van der Waals surface area contributed by atoms with Crippen LogP contribution in [-0.4, -0.2) is 45.1 Å². The number of imidazole rings is 1. The lowest BCUT2D eigenvalue weighted by atomic mass is 10.1. The van der Waals surface area contributed by atoms with Crippen LogP contribution in [0.15, 0.2) is 18.3 Å². The Hall–Kier alpha value is -1.46. The second-order valence-corrected chi connectivity index (χ2v) is 6.49. The molecule has 5 nitrogen and oxygen atoms in total. The summed E-state index contributed by atoms with van der Waals surface area (Å²) in [7, 11) is 0. The van der Waals surface area contributed by atoms with Gasteiger partial charge in [-0.1, -0.05) is 6.92 Å². The molecule has 0 spiro atoms. The summed E-state index contributed by atoms with van der Waals surface area (Å²) in [5.41, 5.74) is 2.10. The molecule has 4 rings (SSSR count). The Morgan fingerprint density at radius 3 is 3.09 bits per heavy atom. The zero-order valence-corrected chi connectivity index (χ0v) is 13.3. The highest BCUT2D eigenvalue weighted by molar-refractivity contribution is 5.71.